The lowest BCUT2D eigenvalue weighted by molar-refractivity contribution is 0.578. The van der Waals surface area contributed by atoms with E-state index >= 15 is 0 Å². The second-order valence-electron chi connectivity index (χ2n) is 3.48. The first-order chi connectivity index (χ1) is 6.95. The van der Waals surface area contributed by atoms with Crippen molar-refractivity contribution in [3.05, 3.63) is 18.1 Å². The number of halogens is 1. The van der Waals surface area contributed by atoms with Crippen molar-refractivity contribution in [1.29, 1.82) is 0 Å². The van der Waals surface area contributed by atoms with Crippen LogP contribution in [0.3, 0.4) is 0 Å². The van der Waals surface area contributed by atoms with Crippen molar-refractivity contribution in [1.82, 2.24) is 9.97 Å². The van der Waals surface area contributed by atoms with Crippen LogP contribution >= 0.6 is 11.6 Å². The summed E-state index contributed by atoms with van der Waals surface area (Å²) in [4.78, 5) is 7.74. The van der Waals surface area contributed by atoms with E-state index in [9.17, 15) is 8.42 Å². The van der Waals surface area contributed by atoms with Crippen LogP contribution in [0.25, 0.3) is 0 Å². The molecule has 84 valence electrons. The highest BCUT2D eigenvalue weighted by molar-refractivity contribution is 7.91. The molecule has 1 heterocycles. The van der Waals surface area contributed by atoms with Gasteiger partial charge in [0, 0.05) is 12.1 Å². The van der Waals surface area contributed by atoms with Gasteiger partial charge in [-0.3, -0.25) is 0 Å². The average Bonchev–Trinajstić information content (AvgIpc) is 2.17. The van der Waals surface area contributed by atoms with Crippen molar-refractivity contribution >= 4 is 21.4 Å². The van der Waals surface area contributed by atoms with Gasteiger partial charge in [0.25, 0.3) is 0 Å². The maximum atomic E-state index is 11.8. The van der Waals surface area contributed by atoms with Crippen molar-refractivity contribution < 1.29 is 8.42 Å². The van der Waals surface area contributed by atoms with Crippen molar-refractivity contribution in [3.8, 4) is 0 Å². The highest BCUT2D eigenvalue weighted by Crippen LogP contribution is 2.12. The van der Waals surface area contributed by atoms with Crippen LogP contribution in [0.1, 0.15) is 12.7 Å². The lowest BCUT2D eigenvalue weighted by Gasteiger charge is -2.07. The average molecular weight is 249 g/mol. The number of hydrogen-bond donors (Lipinski definition) is 0. The monoisotopic (exact) mass is 248 g/mol. The summed E-state index contributed by atoms with van der Waals surface area (Å²) in [5.41, 5.74) is 0. The van der Waals surface area contributed by atoms with Crippen LogP contribution in [-0.4, -0.2) is 30.0 Å². The van der Waals surface area contributed by atoms with Gasteiger partial charge in [0.1, 0.15) is 5.82 Å². The number of rotatable bonds is 4. The normalized spacial score (nSPS) is 13.8. The van der Waals surface area contributed by atoms with Gasteiger partial charge in [-0.15, -0.1) is 11.6 Å². The van der Waals surface area contributed by atoms with Gasteiger partial charge in [-0.1, -0.05) is 6.92 Å². The van der Waals surface area contributed by atoms with Crippen LogP contribution in [-0.2, 0) is 9.84 Å². The summed E-state index contributed by atoms with van der Waals surface area (Å²) in [6, 6.07) is 1.41. The van der Waals surface area contributed by atoms with Gasteiger partial charge in [-0.2, -0.15) is 0 Å². The van der Waals surface area contributed by atoms with Crippen molar-refractivity contribution in [3.63, 3.8) is 0 Å². The number of alkyl halides is 1. The Morgan fingerprint density at radius 3 is 2.73 bits per heavy atom. The SMILES string of the molecule is Cc1nccc(S(=O)(=O)CC(C)CCl)n1. The fourth-order valence-electron chi connectivity index (χ4n) is 1.11. The molecule has 0 spiro atoms. The number of hydrogen-bond acceptors (Lipinski definition) is 4. The first kappa shape index (κ1) is 12.4. The summed E-state index contributed by atoms with van der Waals surface area (Å²) in [7, 11) is -3.33. The smallest absolute Gasteiger partial charge is 0.196 e. The zero-order chi connectivity index (χ0) is 11.5. The first-order valence-corrected chi connectivity index (χ1v) is 6.73. The molecule has 15 heavy (non-hydrogen) atoms. The summed E-state index contributed by atoms with van der Waals surface area (Å²) in [6.45, 7) is 3.45. The third-order valence-corrected chi connectivity index (χ3v) is 4.24. The summed E-state index contributed by atoms with van der Waals surface area (Å²) in [5, 5.41) is 0.0759. The Morgan fingerprint density at radius 1 is 1.53 bits per heavy atom. The molecule has 0 saturated carbocycles. The van der Waals surface area contributed by atoms with Crippen LogP contribution in [0, 0.1) is 12.8 Å². The maximum absolute atomic E-state index is 11.8. The van der Waals surface area contributed by atoms with Gasteiger partial charge >= 0.3 is 0 Å². The third kappa shape index (κ3) is 3.43. The Hall–Kier alpha value is -0.680. The minimum Gasteiger partial charge on any atom is -0.242 e. The van der Waals surface area contributed by atoms with Gasteiger partial charge in [-0.05, 0) is 18.9 Å². The second-order valence-corrected chi connectivity index (χ2v) is 5.77. The molecule has 0 fully saturated rings. The Balaban J connectivity index is 2.96. The van der Waals surface area contributed by atoms with E-state index in [1.54, 1.807) is 13.8 Å². The van der Waals surface area contributed by atoms with Crippen LogP contribution < -0.4 is 0 Å². The molecule has 0 bridgehead atoms. The van der Waals surface area contributed by atoms with Crippen molar-refractivity contribution in [2.45, 2.75) is 18.9 Å². The molecule has 0 N–H and O–H groups in total. The Kier molecular flexibility index (Phi) is 4.04. The summed E-state index contributed by atoms with van der Waals surface area (Å²) < 4.78 is 23.6. The highest BCUT2D eigenvalue weighted by Gasteiger charge is 2.19. The predicted octanol–water partition coefficient (Wildman–Crippen LogP) is 1.43. The number of sulfone groups is 1. The van der Waals surface area contributed by atoms with Gasteiger partial charge in [0.2, 0.25) is 0 Å². The minimum absolute atomic E-state index is 0.0208. The Morgan fingerprint density at radius 2 is 2.20 bits per heavy atom. The van der Waals surface area contributed by atoms with Crippen LogP contribution in [0.15, 0.2) is 17.3 Å². The number of aromatic nitrogens is 2. The van der Waals surface area contributed by atoms with Gasteiger partial charge < -0.3 is 0 Å². The fourth-order valence-corrected chi connectivity index (χ4v) is 2.93. The largest absolute Gasteiger partial charge is 0.242 e. The van der Waals surface area contributed by atoms with E-state index in [0.29, 0.717) is 11.7 Å². The lowest BCUT2D eigenvalue weighted by atomic mass is 10.3. The summed E-state index contributed by atoms with van der Waals surface area (Å²) in [6.07, 6.45) is 1.45. The molecule has 1 aromatic rings. The summed E-state index contributed by atoms with van der Waals surface area (Å²) in [5.74, 6) is 0.720. The van der Waals surface area contributed by atoms with E-state index in [1.807, 2.05) is 0 Å². The zero-order valence-corrected chi connectivity index (χ0v) is 10.2. The van der Waals surface area contributed by atoms with E-state index in [1.165, 1.54) is 12.3 Å². The molecule has 4 nitrogen and oxygen atoms in total. The van der Waals surface area contributed by atoms with E-state index in [0.717, 1.165) is 0 Å². The zero-order valence-electron chi connectivity index (χ0n) is 8.64. The van der Waals surface area contributed by atoms with Gasteiger partial charge in [0.05, 0.1) is 5.75 Å². The van der Waals surface area contributed by atoms with E-state index in [2.05, 4.69) is 9.97 Å². The number of nitrogens with zero attached hydrogens (tertiary/aromatic N) is 2. The first-order valence-electron chi connectivity index (χ1n) is 4.54. The minimum atomic E-state index is -3.33. The topological polar surface area (TPSA) is 59.9 Å². The Labute approximate surface area is 94.6 Å². The highest BCUT2D eigenvalue weighted by atomic mass is 35.5. The Bertz CT molecular complexity index is 433. The molecule has 1 atom stereocenters. The maximum Gasteiger partial charge on any atom is 0.196 e. The van der Waals surface area contributed by atoms with Crippen LogP contribution in [0.2, 0.25) is 0 Å². The molecular formula is C9H13ClN2O2S. The number of aryl methyl sites for hydroxylation is 1. The fraction of sp³-hybridized carbons (Fsp3) is 0.556. The quantitative estimate of drug-likeness (QED) is 0.598. The lowest BCUT2D eigenvalue weighted by Crippen LogP contribution is -2.16. The molecule has 1 rings (SSSR count). The standard InChI is InChI=1S/C9H13ClN2O2S/c1-7(5-10)6-15(13,14)9-3-4-11-8(2)12-9/h3-4,7H,5-6H2,1-2H3. The molecule has 0 amide bonds. The van der Waals surface area contributed by atoms with E-state index in [-0.39, 0.29) is 16.7 Å². The van der Waals surface area contributed by atoms with Crippen molar-refractivity contribution in [2.24, 2.45) is 5.92 Å². The van der Waals surface area contributed by atoms with Crippen LogP contribution in [0.5, 0.6) is 0 Å². The molecular weight excluding hydrogens is 236 g/mol. The third-order valence-electron chi connectivity index (χ3n) is 1.84. The van der Waals surface area contributed by atoms with Crippen LogP contribution in [0.4, 0.5) is 0 Å². The van der Waals surface area contributed by atoms with E-state index in [4.69, 9.17) is 11.6 Å². The van der Waals surface area contributed by atoms with Gasteiger partial charge in [-0.25, -0.2) is 18.4 Å². The molecule has 1 unspecified atom stereocenters. The molecule has 0 aliphatic carbocycles. The molecule has 0 aliphatic heterocycles. The molecule has 1 aromatic heterocycles. The predicted molar refractivity (Wildman–Crippen MR) is 58.7 cm³/mol. The molecule has 0 radical (unpaired) electrons. The molecule has 0 saturated heterocycles. The molecule has 6 heteroatoms. The molecule has 0 aliphatic rings. The van der Waals surface area contributed by atoms with E-state index < -0.39 is 9.84 Å². The summed E-state index contributed by atoms with van der Waals surface area (Å²) >= 11 is 5.58. The van der Waals surface area contributed by atoms with Gasteiger partial charge in [0.15, 0.2) is 14.9 Å². The molecule has 0 aromatic carbocycles. The second kappa shape index (κ2) is 4.90. The van der Waals surface area contributed by atoms with Crippen molar-refractivity contribution in [2.75, 3.05) is 11.6 Å².